The Hall–Kier alpha value is -2.39. The van der Waals surface area contributed by atoms with Crippen LogP contribution >= 0.6 is 0 Å². The Morgan fingerprint density at radius 2 is 1.59 bits per heavy atom. The van der Waals surface area contributed by atoms with Crippen LogP contribution in [0.25, 0.3) is 12.2 Å². The fraction of sp³-hybridized carbons (Fsp3) is 0.423. The van der Waals surface area contributed by atoms with Crippen LogP contribution in [-0.4, -0.2) is 24.8 Å². The number of rotatable bonds is 5. The number of hydrogen-bond acceptors (Lipinski definition) is 3. The van der Waals surface area contributed by atoms with E-state index in [-0.39, 0.29) is 23.4 Å². The lowest BCUT2D eigenvalue weighted by Crippen LogP contribution is -2.34. The Labute approximate surface area is 174 Å². The van der Waals surface area contributed by atoms with E-state index >= 15 is 0 Å². The lowest BCUT2D eigenvalue weighted by molar-refractivity contribution is 0.0600. The highest BCUT2D eigenvalue weighted by molar-refractivity contribution is 5.89. The summed E-state index contributed by atoms with van der Waals surface area (Å²) in [6.45, 7) is 9.43. The Balaban J connectivity index is 2.00. The maximum atomic E-state index is 11.6. The second-order valence-electron chi connectivity index (χ2n) is 9.28. The summed E-state index contributed by atoms with van der Waals surface area (Å²) in [6.07, 6.45) is 7.17. The third kappa shape index (κ3) is 4.45. The van der Waals surface area contributed by atoms with Crippen molar-refractivity contribution in [1.29, 1.82) is 0 Å². The quantitative estimate of drug-likeness (QED) is 0.538. The number of ether oxygens (including phenoxy) is 1. The highest BCUT2D eigenvalue weighted by Gasteiger charge is 2.37. The molecular formula is C26H32O3. The van der Waals surface area contributed by atoms with Crippen molar-refractivity contribution < 1.29 is 14.6 Å². The minimum atomic E-state index is -0.328. The molecule has 3 nitrogen and oxygen atoms in total. The maximum absolute atomic E-state index is 11.6. The fourth-order valence-corrected chi connectivity index (χ4v) is 4.20. The molecule has 0 amide bonds. The van der Waals surface area contributed by atoms with Crippen LogP contribution in [0.2, 0.25) is 0 Å². The van der Waals surface area contributed by atoms with Gasteiger partial charge in [-0.1, -0.05) is 64.1 Å². The van der Waals surface area contributed by atoms with Crippen LogP contribution in [0.1, 0.15) is 78.7 Å². The number of esters is 1. The summed E-state index contributed by atoms with van der Waals surface area (Å²) < 4.78 is 4.76. The summed E-state index contributed by atoms with van der Waals surface area (Å²) in [7, 11) is 1.39. The minimum absolute atomic E-state index is 0.136. The normalized spacial score (nSPS) is 17.2. The van der Waals surface area contributed by atoms with Crippen LogP contribution in [0.15, 0.2) is 36.4 Å². The fourth-order valence-electron chi connectivity index (χ4n) is 4.20. The number of carbonyl (C=O) groups excluding carboxylic acids is 1. The molecule has 0 unspecified atom stereocenters. The molecule has 0 aliphatic heterocycles. The molecular weight excluding hydrogens is 360 g/mol. The number of carbonyl (C=O) groups is 1. The predicted octanol–water partition coefficient (Wildman–Crippen LogP) is 5.53. The first-order valence-corrected chi connectivity index (χ1v) is 10.3. The average Bonchev–Trinajstić information content (AvgIpc) is 2.70. The minimum Gasteiger partial charge on any atom is -0.465 e. The predicted molar refractivity (Wildman–Crippen MR) is 119 cm³/mol. The second kappa shape index (κ2) is 8.16. The monoisotopic (exact) mass is 392 g/mol. The van der Waals surface area contributed by atoms with Gasteiger partial charge in [-0.15, -0.1) is 0 Å². The zero-order valence-corrected chi connectivity index (χ0v) is 18.2. The van der Waals surface area contributed by atoms with Crippen molar-refractivity contribution in [1.82, 2.24) is 0 Å². The highest BCUT2D eigenvalue weighted by atomic mass is 16.5. The zero-order chi connectivity index (χ0) is 21.2. The number of methoxy groups -OCH3 is 1. The molecule has 0 saturated heterocycles. The lowest BCUT2D eigenvalue weighted by Gasteiger charge is -2.42. The van der Waals surface area contributed by atoms with Crippen molar-refractivity contribution in [2.45, 2.75) is 57.8 Å². The molecule has 0 heterocycles. The smallest absolute Gasteiger partial charge is 0.337 e. The first-order valence-electron chi connectivity index (χ1n) is 10.3. The van der Waals surface area contributed by atoms with Crippen molar-refractivity contribution in [3.8, 4) is 0 Å². The molecule has 1 N–H and O–H groups in total. The van der Waals surface area contributed by atoms with E-state index in [9.17, 15) is 9.90 Å². The highest BCUT2D eigenvalue weighted by Crippen LogP contribution is 2.46. The van der Waals surface area contributed by atoms with Gasteiger partial charge in [0.25, 0.3) is 0 Å². The summed E-state index contributed by atoms with van der Waals surface area (Å²) in [4.78, 5) is 11.6. The van der Waals surface area contributed by atoms with Gasteiger partial charge in [-0.05, 0) is 70.0 Å². The molecule has 0 saturated carbocycles. The van der Waals surface area contributed by atoms with E-state index in [0.717, 1.165) is 11.1 Å². The number of hydrogen-bond donors (Lipinski definition) is 1. The molecule has 0 bridgehead atoms. The van der Waals surface area contributed by atoms with Crippen molar-refractivity contribution in [3.05, 3.63) is 69.8 Å². The Bertz CT molecular complexity index is 918. The molecule has 0 spiro atoms. The van der Waals surface area contributed by atoms with Gasteiger partial charge in [0.2, 0.25) is 0 Å². The van der Waals surface area contributed by atoms with Crippen molar-refractivity contribution in [2.75, 3.05) is 13.7 Å². The largest absolute Gasteiger partial charge is 0.465 e. The number of aliphatic hydroxyl groups excluding tert-OH is 1. The van der Waals surface area contributed by atoms with Crippen LogP contribution in [-0.2, 0) is 22.0 Å². The van der Waals surface area contributed by atoms with E-state index in [4.69, 9.17) is 4.74 Å². The summed E-state index contributed by atoms with van der Waals surface area (Å²) in [5.41, 5.74) is 7.02. The van der Waals surface area contributed by atoms with Crippen molar-refractivity contribution in [3.63, 3.8) is 0 Å². The third-order valence-corrected chi connectivity index (χ3v) is 6.28. The molecule has 154 valence electrons. The molecule has 0 atom stereocenters. The van der Waals surface area contributed by atoms with Gasteiger partial charge in [-0.2, -0.15) is 0 Å². The van der Waals surface area contributed by atoms with Crippen LogP contribution in [0.3, 0.4) is 0 Å². The van der Waals surface area contributed by atoms with E-state index in [2.05, 4.69) is 52.0 Å². The van der Waals surface area contributed by atoms with E-state index in [1.807, 2.05) is 12.1 Å². The van der Waals surface area contributed by atoms with Gasteiger partial charge < -0.3 is 9.84 Å². The molecule has 0 radical (unpaired) electrons. The van der Waals surface area contributed by atoms with Crippen LogP contribution in [0.4, 0.5) is 0 Å². The van der Waals surface area contributed by atoms with Crippen molar-refractivity contribution >= 4 is 18.1 Å². The van der Waals surface area contributed by atoms with Crippen LogP contribution < -0.4 is 0 Å². The standard InChI is InChI=1S/C26H32O3/c1-25(2)13-14-26(3,4)23-17-21(12-15-27)20(16-22(23)25)11-8-18-6-9-19(10-7-18)24(28)29-5/h6-11,16-17,27H,12-15H2,1-5H3/b11-8+. The van der Waals surface area contributed by atoms with Crippen LogP contribution in [0.5, 0.6) is 0 Å². The summed E-state index contributed by atoms with van der Waals surface area (Å²) >= 11 is 0. The second-order valence-corrected chi connectivity index (χ2v) is 9.28. The number of fused-ring (bicyclic) bond motifs is 1. The average molecular weight is 393 g/mol. The number of aliphatic hydroxyl groups is 1. The third-order valence-electron chi connectivity index (χ3n) is 6.28. The Kier molecular flexibility index (Phi) is 6.00. The molecule has 0 fully saturated rings. The molecule has 1 aliphatic carbocycles. The van der Waals surface area contributed by atoms with E-state index < -0.39 is 0 Å². The topological polar surface area (TPSA) is 46.5 Å². The first-order chi connectivity index (χ1) is 13.7. The Morgan fingerprint density at radius 1 is 1.00 bits per heavy atom. The van der Waals surface area contributed by atoms with Gasteiger partial charge in [0.1, 0.15) is 0 Å². The summed E-state index contributed by atoms with van der Waals surface area (Å²) in [5.74, 6) is -0.328. The van der Waals surface area contributed by atoms with Gasteiger partial charge in [0, 0.05) is 6.61 Å². The zero-order valence-electron chi connectivity index (χ0n) is 18.2. The molecule has 3 rings (SSSR count). The first kappa shape index (κ1) is 21.3. The van der Waals surface area contributed by atoms with Crippen molar-refractivity contribution in [2.24, 2.45) is 0 Å². The summed E-state index contributed by atoms with van der Waals surface area (Å²) in [6, 6.07) is 12.0. The molecule has 2 aromatic rings. The SMILES string of the molecule is COC(=O)c1ccc(/C=C/c2cc3c(cc2CCO)C(C)(C)CCC3(C)C)cc1. The van der Waals surface area contributed by atoms with Gasteiger partial charge >= 0.3 is 5.97 Å². The maximum Gasteiger partial charge on any atom is 0.337 e. The number of benzene rings is 2. The Morgan fingerprint density at radius 3 is 2.14 bits per heavy atom. The van der Waals surface area contributed by atoms with Gasteiger partial charge in [-0.3, -0.25) is 0 Å². The molecule has 0 aromatic heterocycles. The van der Waals surface area contributed by atoms with Gasteiger partial charge in [-0.25, -0.2) is 4.79 Å². The van der Waals surface area contributed by atoms with Gasteiger partial charge in [0.05, 0.1) is 12.7 Å². The molecule has 2 aromatic carbocycles. The van der Waals surface area contributed by atoms with E-state index in [1.165, 1.54) is 36.6 Å². The lowest BCUT2D eigenvalue weighted by atomic mass is 9.62. The molecule has 3 heteroatoms. The molecule has 29 heavy (non-hydrogen) atoms. The van der Waals surface area contributed by atoms with Gasteiger partial charge in [0.15, 0.2) is 0 Å². The molecule has 1 aliphatic rings. The summed E-state index contributed by atoms with van der Waals surface area (Å²) in [5, 5.41) is 9.60. The van der Waals surface area contributed by atoms with Crippen LogP contribution in [0, 0.1) is 0 Å². The van der Waals surface area contributed by atoms with E-state index in [0.29, 0.717) is 12.0 Å². The van der Waals surface area contributed by atoms with E-state index in [1.54, 1.807) is 12.1 Å².